The van der Waals surface area contributed by atoms with Crippen LogP contribution in [0.25, 0.3) is 0 Å². The Hall–Kier alpha value is -1.06. The minimum Gasteiger partial charge on any atom is -0.478 e. The van der Waals surface area contributed by atoms with Gasteiger partial charge >= 0.3 is 11.9 Å². The lowest BCUT2D eigenvalue weighted by Gasteiger charge is -2.18. The van der Waals surface area contributed by atoms with Crippen LogP contribution in [0, 0.1) is 5.92 Å². The summed E-state index contributed by atoms with van der Waals surface area (Å²) in [6, 6.07) is 0. The maximum atomic E-state index is 10.7. The van der Waals surface area contributed by atoms with Gasteiger partial charge in [0, 0.05) is 12.8 Å². The Morgan fingerprint density at radius 2 is 1.92 bits per heavy atom. The summed E-state index contributed by atoms with van der Waals surface area (Å²) in [5.41, 5.74) is 0. The Morgan fingerprint density at radius 1 is 1.38 bits per heavy atom. The molecule has 0 aliphatic heterocycles. The van der Waals surface area contributed by atoms with Gasteiger partial charge in [-0.2, -0.15) is 0 Å². The average Bonchev–Trinajstić information content (AvgIpc) is 2.50. The summed E-state index contributed by atoms with van der Waals surface area (Å²) in [6.07, 6.45) is 2.85. The van der Waals surface area contributed by atoms with Crippen molar-refractivity contribution in [3.05, 3.63) is 0 Å². The molecular weight excluding hydrogens is 172 g/mol. The highest BCUT2D eigenvalue weighted by Crippen LogP contribution is 2.29. The van der Waals surface area contributed by atoms with Gasteiger partial charge < -0.3 is 9.84 Å². The monoisotopic (exact) mass is 186 g/mol. The Morgan fingerprint density at radius 3 is 2.31 bits per heavy atom. The van der Waals surface area contributed by atoms with Gasteiger partial charge in [0.05, 0.1) is 0 Å². The van der Waals surface area contributed by atoms with Crippen LogP contribution >= 0.6 is 0 Å². The van der Waals surface area contributed by atoms with Gasteiger partial charge in [0.2, 0.25) is 6.10 Å². The van der Waals surface area contributed by atoms with Gasteiger partial charge in [-0.15, -0.1) is 0 Å². The largest absolute Gasteiger partial charge is 0.478 e. The molecule has 0 aromatic heterocycles. The first-order valence-electron chi connectivity index (χ1n) is 4.51. The zero-order valence-corrected chi connectivity index (χ0v) is 7.66. The molecule has 0 saturated heterocycles. The van der Waals surface area contributed by atoms with Crippen molar-refractivity contribution in [2.24, 2.45) is 5.92 Å². The number of rotatable bonds is 3. The predicted molar refractivity (Wildman–Crippen MR) is 45.1 cm³/mol. The van der Waals surface area contributed by atoms with Crippen LogP contribution in [0.4, 0.5) is 0 Å². The Labute approximate surface area is 76.9 Å². The van der Waals surface area contributed by atoms with E-state index < -0.39 is 18.0 Å². The second-order valence-electron chi connectivity index (χ2n) is 3.41. The normalized spacial score (nSPS) is 19.8. The van der Waals surface area contributed by atoms with Crippen molar-refractivity contribution in [1.29, 1.82) is 0 Å². The molecule has 1 aliphatic rings. The molecule has 13 heavy (non-hydrogen) atoms. The SMILES string of the molecule is CC(=O)OC(C(=O)O)C1CCCC1. The number of ether oxygens (including phenoxy) is 1. The molecule has 1 unspecified atom stereocenters. The van der Waals surface area contributed by atoms with E-state index in [0.717, 1.165) is 25.7 Å². The van der Waals surface area contributed by atoms with Gasteiger partial charge in [-0.1, -0.05) is 12.8 Å². The van der Waals surface area contributed by atoms with Crippen LogP contribution in [-0.2, 0) is 14.3 Å². The molecule has 1 atom stereocenters. The third kappa shape index (κ3) is 2.72. The molecule has 74 valence electrons. The fourth-order valence-electron chi connectivity index (χ4n) is 1.79. The van der Waals surface area contributed by atoms with Crippen molar-refractivity contribution in [2.75, 3.05) is 0 Å². The number of aliphatic carboxylic acids is 1. The lowest BCUT2D eigenvalue weighted by Crippen LogP contribution is -2.32. The molecule has 1 fully saturated rings. The van der Waals surface area contributed by atoms with Crippen molar-refractivity contribution in [3.63, 3.8) is 0 Å². The van der Waals surface area contributed by atoms with Gasteiger partial charge in [0.15, 0.2) is 0 Å². The van der Waals surface area contributed by atoms with Gasteiger partial charge in [0.1, 0.15) is 0 Å². The van der Waals surface area contributed by atoms with E-state index in [1.165, 1.54) is 6.92 Å². The van der Waals surface area contributed by atoms with Crippen LogP contribution in [0.15, 0.2) is 0 Å². The van der Waals surface area contributed by atoms with Crippen molar-refractivity contribution in [3.8, 4) is 0 Å². The molecule has 4 nitrogen and oxygen atoms in total. The first-order chi connectivity index (χ1) is 6.11. The summed E-state index contributed by atoms with van der Waals surface area (Å²) in [6.45, 7) is 1.24. The highest BCUT2D eigenvalue weighted by molar-refractivity contribution is 5.77. The van der Waals surface area contributed by atoms with Crippen LogP contribution in [0.3, 0.4) is 0 Å². The number of carboxylic acids is 1. The van der Waals surface area contributed by atoms with E-state index in [1.54, 1.807) is 0 Å². The van der Waals surface area contributed by atoms with E-state index in [4.69, 9.17) is 9.84 Å². The molecule has 0 heterocycles. The van der Waals surface area contributed by atoms with Crippen LogP contribution in [0.5, 0.6) is 0 Å². The summed E-state index contributed by atoms with van der Waals surface area (Å²) >= 11 is 0. The fourth-order valence-corrected chi connectivity index (χ4v) is 1.79. The number of hydrogen-bond acceptors (Lipinski definition) is 3. The lowest BCUT2D eigenvalue weighted by atomic mass is 10.0. The molecule has 0 spiro atoms. The smallest absolute Gasteiger partial charge is 0.345 e. The van der Waals surface area contributed by atoms with Gasteiger partial charge in [-0.05, 0) is 12.8 Å². The van der Waals surface area contributed by atoms with Crippen molar-refractivity contribution in [2.45, 2.75) is 38.7 Å². The summed E-state index contributed by atoms with van der Waals surface area (Å²) in [4.78, 5) is 21.4. The van der Waals surface area contributed by atoms with E-state index in [1.807, 2.05) is 0 Å². The second-order valence-corrected chi connectivity index (χ2v) is 3.41. The summed E-state index contributed by atoms with van der Waals surface area (Å²) in [5.74, 6) is -1.53. The maximum absolute atomic E-state index is 10.7. The Bertz CT molecular complexity index is 206. The standard InChI is InChI=1S/C9H14O4/c1-6(10)13-8(9(11)12)7-4-2-3-5-7/h7-8H,2-5H2,1H3,(H,11,12). The minimum absolute atomic E-state index is 0.0152. The lowest BCUT2D eigenvalue weighted by molar-refractivity contribution is -0.166. The Kier molecular flexibility index (Phi) is 3.28. The van der Waals surface area contributed by atoms with Gasteiger partial charge in [0.25, 0.3) is 0 Å². The molecule has 4 heteroatoms. The van der Waals surface area contributed by atoms with Crippen LogP contribution in [0.2, 0.25) is 0 Å². The van der Waals surface area contributed by atoms with Crippen LogP contribution in [-0.4, -0.2) is 23.1 Å². The van der Waals surface area contributed by atoms with E-state index in [9.17, 15) is 9.59 Å². The molecule has 1 aliphatic carbocycles. The van der Waals surface area contributed by atoms with Crippen molar-refractivity contribution in [1.82, 2.24) is 0 Å². The first kappa shape index (κ1) is 10.0. The summed E-state index contributed by atoms with van der Waals surface area (Å²) in [7, 11) is 0. The molecular formula is C9H14O4. The van der Waals surface area contributed by atoms with E-state index in [-0.39, 0.29) is 5.92 Å². The molecule has 0 aromatic carbocycles. The quantitative estimate of drug-likeness (QED) is 0.672. The maximum Gasteiger partial charge on any atom is 0.345 e. The van der Waals surface area contributed by atoms with Crippen LogP contribution in [0.1, 0.15) is 32.6 Å². The highest BCUT2D eigenvalue weighted by Gasteiger charge is 2.32. The zero-order chi connectivity index (χ0) is 9.84. The molecule has 1 N–H and O–H groups in total. The molecule has 1 rings (SSSR count). The van der Waals surface area contributed by atoms with Gasteiger partial charge in [-0.3, -0.25) is 4.79 Å². The molecule has 1 saturated carbocycles. The topological polar surface area (TPSA) is 63.6 Å². The molecule has 0 amide bonds. The molecule has 0 bridgehead atoms. The second kappa shape index (κ2) is 4.25. The number of hydrogen-bond donors (Lipinski definition) is 1. The first-order valence-corrected chi connectivity index (χ1v) is 4.51. The highest BCUT2D eigenvalue weighted by atomic mass is 16.6. The number of carbonyl (C=O) groups excluding carboxylic acids is 1. The van der Waals surface area contributed by atoms with E-state index in [0.29, 0.717) is 0 Å². The van der Waals surface area contributed by atoms with Gasteiger partial charge in [-0.25, -0.2) is 4.79 Å². The van der Waals surface area contributed by atoms with Crippen LogP contribution < -0.4 is 0 Å². The summed E-state index contributed by atoms with van der Waals surface area (Å²) in [5, 5.41) is 8.81. The van der Waals surface area contributed by atoms with Crippen molar-refractivity contribution < 1.29 is 19.4 Å². The number of carbonyl (C=O) groups is 2. The van der Waals surface area contributed by atoms with E-state index in [2.05, 4.69) is 0 Å². The van der Waals surface area contributed by atoms with Crippen molar-refractivity contribution >= 4 is 11.9 Å². The average molecular weight is 186 g/mol. The Balaban J connectivity index is 2.55. The number of esters is 1. The summed E-state index contributed by atoms with van der Waals surface area (Å²) < 4.78 is 4.76. The predicted octanol–water partition coefficient (Wildman–Crippen LogP) is 1.19. The minimum atomic E-state index is -1.03. The number of carboxylic acid groups (broad SMARTS) is 1. The third-order valence-electron chi connectivity index (χ3n) is 2.36. The zero-order valence-electron chi connectivity index (χ0n) is 7.66. The molecule has 0 radical (unpaired) electrons. The van der Waals surface area contributed by atoms with E-state index >= 15 is 0 Å². The third-order valence-corrected chi connectivity index (χ3v) is 2.36. The fraction of sp³-hybridized carbons (Fsp3) is 0.778. The molecule has 0 aromatic rings.